The van der Waals surface area contributed by atoms with Crippen molar-refractivity contribution in [1.82, 2.24) is 24.4 Å². The normalized spacial score (nSPS) is 11.8. The van der Waals surface area contributed by atoms with Crippen LogP contribution in [0, 0.1) is 0 Å². The first-order chi connectivity index (χ1) is 16.7. The number of nitrogens with zero attached hydrogens (tertiary/aromatic N) is 5. The molecule has 0 aliphatic rings. The van der Waals surface area contributed by atoms with Gasteiger partial charge in [0, 0.05) is 27.4 Å². The molecule has 35 heavy (non-hydrogen) atoms. The third-order valence-electron chi connectivity index (χ3n) is 5.40. The third kappa shape index (κ3) is 4.40. The molecule has 11 heteroatoms. The van der Waals surface area contributed by atoms with Crippen LogP contribution in [0.15, 0.2) is 77.9 Å². The van der Waals surface area contributed by atoms with Crippen molar-refractivity contribution in [3.63, 3.8) is 0 Å². The summed E-state index contributed by atoms with van der Waals surface area (Å²) in [6.45, 7) is -0.478. The molecule has 0 radical (unpaired) electrons. The van der Waals surface area contributed by atoms with E-state index in [1.165, 1.54) is 18.5 Å². The first-order valence-electron chi connectivity index (χ1n) is 10.2. The van der Waals surface area contributed by atoms with Gasteiger partial charge in [0.05, 0.1) is 24.0 Å². The number of rotatable bonds is 4. The molecule has 0 aliphatic carbocycles. The van der Waals surface area contributed by atoms with Crippen molar-refractivity contribution in [2.24, 2.45) is 0 Å². The number of alkyl halides is 3. The molecule has 0 saturated carbocycles. The quantitative estimate of drug-likeness (QED) is 0.294. The van der Waals surface area contributed by atoms with Gasteiger partial charge in [-0.05, 0) is 47.5 Å². The third-order valence-corrected chi connectivity index (χ3v) is 5.90. The number of hydrogen-bond acceptors (Lipinski definition) is 4. The van der Waals surface area contributed by atoms with Gasteiger partial charge in [-0.2, -0.15) is 22.8 Å². The van der Waals surface area contributed by atoms with Crippen LogP contribution in [-0.4, -0.2) is 24.4 Å². The van der Waals surface area contributed by atoms with E-state index in [2.05, 4.69) is 15.2 Å². The molecule has 3 aromatic heterocycles. The van der Waals surface area contributed by atoms with Crippen molar-refractivity contribution in [3.8, 4) is 22.3 Å². The van der Waals surface area contributed by atoms with Gasteiger partial charge in [-0.3, -0.25) is 4.98 Å². The fourth-order valence-corrected chi connectivity index (χ4v) is 4.03. The largest absolute Gasteiger partial charge is 0.418 e. The van der Waals surface area contributed by atoms with Crippen molar-refractivity contribution in [2.75, 3.05) is 0 Å². The lowest BCUT2D eigenvalue weighted by Crippen LogP contribution is -2.24. The standard InChI is InChI=1S/C24H14Cl2F3N5O/c25-16-7-3-14(4-8-16)18-12-31-34-22(21(18)15-5-9-17(26)10-6-15)32-33(23(34)35)13-20-19(24(27,28)29)2-1-11-30-20/h1-12H,13H2. The molecule has 0 N–H and O–H groups in total. The number of hydrogen-bond donors (Lipinski definition) is 0. The number of halogens is 5. The molecule has 3 heterocycles. The maximum absolute atomic E-state index is 13.5. The molecule has 0 unspecified atom stereocenters. The predicted molar refractivity (Wildman–Crippen MR) is 126 cm³/mol. The van der Waals surface area contributed by atoms with Crippen LogP contribution in [0.25, 0.3) is 27.9 Å². The Morgan fingerprint density at radius 3 is 2.14 bits per heavy atom. The van der Waals surface area contributed by atoms with Gasteiger partial charge in [0.2, 0.25) is 0 Å². The summed E-state index contributed by atoms with van der Waals surface area (Å²) in [6.07, 6.45) is -1.88. The summed E-state index contributed by atoms with van der Waals surface area (Å²) in [6, 6.07) is 16.1. The molecule has 0 fully saturated rings. The smallest absolute Gasteiger partial charge is 0.259 e. The minimum absolute atomic E-state index is 0.175. The molecule has 6 nitrogen and oxygen atoms in total. The van der Waals surface area contributed by atoms with Crippen LogP contribution in [0.5, 0.6) is 0 Å². The first-order valence-corrected chi connectivity index (χ1v) is 11.0. The van der Waals surface area contributed by atoms with E-state index in [1.807, 2.05) is 0 Å². The van der Waals surface area contributed by atoms with E-state index in [0.717, 1.165) is 20.8 Å². The molecule has 0 atom stereocenters. The Bertz CT molecular complexity index is 1590. The monoisotopic (exact) mass is 515 g/mol. The van der Waals surface area contributed by atoms with Crippen LogP contribution in [0.1, 0.15) is 11.3 Å². The lowest BCUT2D eigenvalue weighted by molar-refractivity contribution is -0.138. The van der Waals surface area contributed by atoms with Gasteiger partial charge in [0.25, 0.3) is 0 Å². The maximum Gasteiger partial charge on any atom is 0.418 e. The van der Waals surface area contributed by atoms with Crippen LogP contribution in [0.2, 0.25) is 10.0 Å². The SMILES string of the molecule is O=c1n(Cc2ncccc2C(F)(F)F)nc2c(-c3ccc(Cl)cc3)c(-c3ccc(Cl)cc3)cnn12. The second kappa shape index (κ2) is 8.83. The number of benzene rings is 2. The van der Waals surface area contributed by atoms with Crippen LogP contribution < -0.4 is 5.69 Å². The highest BCUT2D eigenvalue weighted by atomic mass is 35.5. The summed E-state index contributed by atoms with van der Waals surface area (Å²) in [4.78, 5) is 16.9. The zero-order valence-electron chi connectivity index (χ0n) is 17.7. The van der Waals surface area contributed by atoms with E-state index in [4.69, 9.17) is 23.2 Å². The minimum atomic E-state index is -4.62. The Morgan fingerprint density at radius 1 is 0.886 bits per heavy atom. The van der Waals surface area contributed by atoms with Gasteiger partial charge in [0.15, 0.2) is 5.65 Å². The van der Waals surface area contributed by atoms with Crippen LogP contribution in [0.3, 0.4) is 0 Å². The average Bonchev–Trinajstić information content (AvgIpc) is 3.14. The zero-order valence-corrected chi connectivity index (χ0v) is 19.2. The van der Waals surface area contributed by atoms with Gasteiger partial charge in [-0.15, -0.1) is 5.10 Å². The highest BCUT2D eigenvalue weighted by Gasteiger charge is 2.34. The summed E-state index contributed by atoms with van der Waals surface area (Å²) in [5.74, 6) is 0. The first kappa shape index (κ1) is 23.1. The molecule has 5 rings (SSSR count). The van der Waals surface area contributed by atoms with E-state index in [0.29, 0.717) is 26.7 Å². The topological polar surface area (TPSA) is 65.1 Å². The molecular weight excluding hydrogens is 502 g/mol. The summed E-state index contributed by atoms with van der Waals surface area (Å²) in [5, 5.41) is 9.67. The van der Waals surface area contributed by atoms with E-state index < -0.39 is 24.0 Å². The van der Waals surface area contributed by atoms with E-state index in [9.17, 15) is 18.0 Å². The molecule has 0 saturated heterocycles. The van der Waals surface area contributed by atoms with Crippen LogP contribution >= 0.6 is 23.2 Å². The van der Waals surface area contributed by atoms with Crippen molar-refractivity contribution >= 4 is 28.8 Å². The fraction of sp³-hybridized carbons (Fsp3) is 0.0833. The van der Waals surface area contributed by atoms with Crippen LogP contribution in [0.4, 0.5) is 13.2 Å². The highest BCUT2D eigenvalue weighted by molar-refractivity contribution is 6.31. The molecule has 5 aromatic rings. The van der Waals surface area contributed by atoms with Crippen molar-refractivity contribution in [1.29, 1.82) is 0 Å². The van der Waals surface area contributed by atoms with Crippen molar-refractivity contribution in [3.05, 3.63) is 105 Å². The number of aromatic nitrogens is 5. The zero-order chi connectivity index (χ0) is 24.7. The van der Waals surface area contributed by atoms with Gasteiger partial charge in [-0.25, -0.2) is 9.48 Å². The molecular formula is C24H14Cl2F3N5O. The summed E-state index contributed by atoms with van der Waals surface area (Å²) in [7, 11) is 0. The molecule has 176 valence electrons. The maximum atomic E-state index is 13.5. The second-order valence-electron chi connectivity index (χ2n) is 7.62. The molecule has 0 spiro atoms. The molecule has 0 aliphatic heterocycles. The Hall–Kier alpha value is -3.69. The highest BCUT2D eigenvalue weighted by Crippen LogP contribution is 2.35. The summed E-state index contributed by atoms with van der Waals surface area (Å²) >= 11 is 12.1. The Labute approximate surface area is 206 Å². The second-order valence-corrected chi connectivity index (χ2v) is 8.49. The Kier molecular flexibility index (Phi) is 5.82. The number of pyridine rings is 1. The van der Waals surface area contributed by atoms with Crippen molar-refractivity contribution in [2.45, 2.75) is 12.7 Å². The minimum Gasteiger partial charge on any atom is -0.259 e. The van der Waals surface area contributed by atoms with Gasteiger partial charge >= 0.3 is 11.9 Å². The Morgan fingerprint density at radius 2 is 1.51 bits per heavy atom. The fourth-order valence-electron chi connectivity index (χ4n) is 3.78. The Balaban J connectivity index is 1.73. The number of fused-ring (bicyclic) bond motifs is 1. The van der Waals surface area contributed by atoms with E-state index >= 15 is 0 Å². The van der Waals surface area contributed by atoms with E-state index in [1.54, 1.807) is 48.5 Å². The van der Waals surface area contributed by atoms with E-state index in [-0.39, 0.29) is 11.3 Å². The van der Waals surface area contributed by atoms with Crippen molar-refractivity contribution < 1.29 is 13.2 Å². The molecule has 0 amide bonds. The average molecular weight is 516 g/mol. The lowest BCUT2D eigenvalue weighted by Gasteiger charge is -2.11. The summed E-state index contributed by atoms with van der Waals surface area (Å²) < 4.78 is 42.3. The predicted octanol–water partition coefficient (Wildman–Crippen LogP) is 5.99. The van der Waals surface area contributed by atoms with Gasteiger partial charge in [-0.1, -0.05) is 47.5 Å². The van der Waals surface area contributed by atoms with Crippen LogP contribution in [-0.2, 0) is 12.7 Å². The molecule has 2 aromatic carbocycles. The molecule has 0 bridgehead atoms. The lowest BCUT2D eigenvalue weighted by atomic mass is 9.97. The summed E-state index contributed by atoms with van der Waals surface area (Å²) in [5.41, 5.74) is 0.895. The van der Waals surface area contributed by atoms with Gasteiger partial charge < -0.3 is 0 Å². The van der Waals surface area contributed by atoms with Gasteiger partial charge in [0.1, 0.15) is 0 Å².